The first-order valence-electron chi connectivity index (χ1n) is 9.64. The van der Waals surface area contributed by atoms with Crippen molar-refractivity contribution in [2.45, 2.75) is 32.5 Å². The van der Waals surface area contributed by atoms with Crippen molar-refractivity contribution in [3.63, 3.8) is 0 Å². The van der Waals surface area contributed by atoms with Gasteiger partial charge >= 0.3 is 0 Å². The van der Waals surface area contributed by atoms with Gasteiger partial charge in [-0.1, -0.05) is 57.5 Å². The lowest BCUT2D eigenvalue weighted by molar-refractivity contribution is -0.118. The van der Waals surface area contributed by atoms with Crippen molar-refractivity contribution in [2.75, 3.05) is 5.75 Å². The molecule has 0 aliphatic rings. The molecule has 1 amide bonds. The van der Waals surface area contributed by atoms with E-state index in [1.807, 2.05) is 50.2 Å². The Morgan fingerprint density at radius 2 is 1.90 bits per heavy atom. The zero-order valence-corrected chi connectivity index (χ0v) is 20.0. The first-order valence-corrected chi connectivity index (χ1v) is 11.4. The van der Waals surface area contributed by atoms with E-state index in [1.165, 1.54) is 17.3 Å². The van der Waals surface area contributed by atoms with Crippen LogP contribution < -0.4 is 10.2 Å². The van der Waals surface area contributed by atoms with Gasteiger partial charge in [0, 0.05) is 21.4 Å². The lowest BCUT2D eigenvalue weighted by Crippen LogP contribution is -2.20. The van der Waals surface area contributed by atoms with Crippen molar-refractivity contribution in [3.8, 4) is 5.75 Å². The molecular formula is C23H23BrN4O2S. The average Bonchev–Trinajstić information content (AvgIpc) is 2.71. The number of ether oxygens (including phenoxy) is 1. The molecular weight excluding hydrogens is 476 g/mol. The first-order chi connectivity index (χ1) is 14.9. The van der Waals surface area contributed by atoms with E-state index in [-0.39, 0.29) is 11.7 Å². The minimum absolute atomic E-state index is 0.176. The summed E-state index contributed by atoms with van der Waals surface area (Å²) in [5.74, 6) is 0.622. The van der Waals surface area contributed by atoms with Crippen LogP contribution in [0.1, 0.15) is 28.1 Å². The highest BCUT2D eigenvalue weighted by Gasteiger charge is 2.07. The number of halogens is 1. The van der Waals surface area contributed by atoms with Crippen LogP contribution in [0.4, 0.5) is 0 Å². The number of rotatable bonds is 8. The van der Waals surface area contributed by atoms with Gasteiger partial charge in [0.15, 0.2) is 5.16 Å². The molecule has 3 rings (SSSR count). The van der Waals surface area contributed by atoms with Gasteiger partial charge in [0.25, 0.3) is 5.91 Å². The Morgan fingerprint density at radius 3 is 2.65 bits per heavy atom. The van der Waals surface area contributed by atoms with Gasteiger partial charge in [-0.2, -0.15) is 5.10 Å². The summed E-state index contributed by atoms with van der Waals surface area (Å²) in [7, 11) is 0. The third kappa shape index (κ3) is 7.48. The number of hydrazone groups is 1. The fraction of sp³-hybridized carbons (Fsp3) is 0.217. The van der Waals surface area contributed by atoms with Crippen molar-refractivity contribution in [1.29, 1.82) is 0 Å². The highest BCUT2D eigenvalue weighted by molar-refractivity contribution is 9.10. The van der Waals surface area contributed by atoms with Crippen molar-refractivity contribution >= 4 is 39.8 Å². The summed E-state index contributed by atoms with van der Waals surface area (Å²) < 4.78 is 6.87. The predicted molar refractivity (Wildman–Crippen MR) is 128 cm³/mol. The molecule has 0 bridgehead atoms. The number of carbonyl (C=O) groups excluding carboxylic acids is 1. The number of hydrogen-bond donors (Lipinski definition) is 1. The molecule has 0 fully saturated rings. The number of amides is 1. The van der Waals surface area contributed by atoms with Crippen LogP contribution in [0.2, 0.25) is 0 Å². The van der Waals surface area contributed by atoms with Crippen LogP contribution >= 0.6 is 27.7 Å². The Balaban J connectivity index is 1.58. The van der Waals surface area contributed by atoms with Crippen LogP contribution in [-0.4, -0.2) is 27.8 Å². The fourth-order valence-electron chi connectivity index (χ4n) is 2.81. The van der Waals surface area contributed by atoms with Crippen molar-refractivity contribution in [2.24, 2.45) is 5.10 Å². The molecule has 8 heteroatoms. The van der Waals surface area contributed by atoms with E-state index >= 15 is 0 Å². The van der Waals surface area contributed by atoms with E-state index in [9.17, 15) is 4.79 Å². The molecule has 3 aromatic rings. The van der Waals surface area contributed by atoms with E-state index in [0.29, 0.717) is 17.5 Å². The summed E-state index contributed by atoms with van der Waals surface area (Å²) >= 11 is 4.74. The lowest BCUT2D eigenvalue weighted by atomic mass is 10.1. The fourth-order valence-corrected chi connectivity index (χ4v) is 3.93. The molecule has 0 spiro atoms. The molecule has 0 aliphatic carbocycles. The van der Waals surface area contributed by atoms with Gasteiger partial charge in [-0.05, 0) is 50.6 Å². The second kappa shape index (κ2) is 11.1. The van der Waals surface area contributed by atoms with Crippen molar-refractivity contribution in [1.82, 2.24) is 15.4 Å². The molecule has 0 saturated heterocycles. The molecule has 2 aromatic carbocycles. The molecule has 0 aliphatic heterocycles. The quantitative estimate of drug-likeness (QED) is 0.205. The summed E-state index contributed by atoms with van der Waals surface area (Å²) in [5.41, 5.74) is 7.32. The average molecular weight is 499 g/mol. The SMILES string of the molecule is Cc1cccc(COc2ccc(Br)cc2/C=N\NC(=O)CSc2nc(C)cc(C)n2)c1. The Bertz CT molecular complexity index is 1080. The number of hydrogen-bond acceptors (Lipinski definition) is 6. The van der Waals surface area contributed by atoms with Gasteiger partial charge in [0.1, 0.15) is 12.4 Å². The Labute approximate surface area is 194 Å². The molecule has 0 saturated carbocycles. The van der Waals surface area contributed by atoms with Crippen LogP contribution in [0, 0.1) is 20.8 Å². The number of aromatic nitrogens is 2. The maximum Gasteiger partial charge on any atom is 0.250 e. The third-order valence-electron chi connectivity index (χ3n) is 4.14. The second-order valence-corrected chi connectivity index (χ2v) is 8.83. The largest absolute Gasteiger partial charge is 0.488 e. The van der Waals surface area contributed by atoms with Crippen LogP contribution in [0.5, 0.6) is 5.75 Å². The van der Waals surface area contributed by atoms with Crippen molar-refractivity contribution < 1.29 is 9.53 Å². The topological polar surface area (TPSA) is 76.5 Å². The number of thioether (sulfide) groups is 1. The standard InChI is InChI=1S/C23H23BrN4O2S/c1-15-5-4-6-18(9-15)13-30-21-8-7-20(24)11-19(21)12-25-28-22(29)14-31-23-26-16(2)10-17(3)27-23/h4-12H,13-14H2,1-3H3,(H,28,29)/b25-12-. The van der Waals surface area contributed by atoms with Crippen LogP contribution in [-0.2, 0) is 11.4 Å². The molecule has 0 radical (unpaired) electrons. The summed E-state index contributed by atoms with van der Waals surface area (Å²) in [4.78, 5) is 20.8. The third-order valence-corrected chi connectivity index (χ3v) is 5.48. The Kier molecular flexibility index (Phi) is 8.20. The van der Waals surface area contributed by atoms with Crippen LogP contribution in [0.3, 0.4) is 0 Å². The summed E-state index contributed by atoms with van der Waals surface area (Å²) in [5, 5.41) is 4.66. The van der Waals surface area contributed by atoms with E-state index in [1.54, 1.807) is 6.21 Å². The number of nitrogens with one attached hydrogen (secondary N) is 1. The maximum atomic E-state index is 12.1. The number of nitrogens with zero attached hydrogens (tertiary/aromatic N) is 3. The van der Waals surface area contributed by atoms with E-state index in [0.717, 1.165) is 27.0 Å². The van der Waals surface area contributed by atoms with E-state index < -0.39 is 0 Å². The lowest BCUT2D eigenvalue weighted by Gasteiger charge is -2.10. The van der Waals surface area contributed by atoms with Crippen molar-refractivity contribution in [3.05, 3.63) is 81.1 Å². The van der Waals surface area contributed by atoms with Gasteiger partial charge < -0.3 is 4.74 Å². The molecule has 160 valence electrons. The first kappa shape index (κ1) is 23.0. The maximum absolute atomic E-state index is 12.1. The molecule has 1 aromatic heterocycles. The Morgan fingerprint density at radius 1 is 1.13 bits per heavy atom. The normalized spacial score (nSPS) is 11.0. The molecule has 0 atom stereocenters. The zero-order valence-electron chi connectivity index (χ0n) is 17.6. The highest BCUT2D eigenvalue weighted by atomic mass is 79.9. The summed E-state index contributed by atoms with van der Waals surface area (Å²) in [6.45, 7) is 6.30. The monoisotopic (exact) mass is 498 g/mol. The summed E-state index contributed by atoms with van der Waals surface area (Å²) in [6, 6.07) is 15.7. The van der Waals surface area contributed by atoms with Gasteiger partial charge in [-0.25, -0.2) is 15.4 Å². The smallest absolute Gasteiger partial charge is 0.250 e. The molecule has 1 heterocycles. The van der Waals surface area contributed by atoms with Gasteiger partial charge in [-0.15, -0.1) is 0 Å². The number of benzene rings is 2. The minimum atomic E-state index is -0.235. The molecule has 1 N–H and O–H groups in total. The molecule has 31 heavy (non-hydrogen) atoms. The predicted octanol–water partition coefficient (Wildman–Crippen LogP) is 4.99. The minimum Gasteiger partial charge on any atom is -0.488 e. The second-order valence-electron chi connectivity index (χ2n) is 6.98. The van der Waals surface area contributed by atoms with Gasteiger partial charge in [-0.3, -0.25) is 4.79 Å². The van der Waals surface area contributed by atoms with E-state index in [4.69, 9.17) is 4.74 Å². The summed E-state index contributed by atoms with van der Waals surface area (Å²) in [6.07, 6.45) is 1.58. The van der Waals surface area contributed by atoms with Crippen LogP contribution in [0.15, 0.2) is 63.3 Å². The zero-order chi connectivity index (χ0) is 22.2. The highest BCUT2D eigenvalue weighted by Crippen LogP contribution is 2.23. The molecule has 0 unspecified atom stereocenters. The molecule has 6 nitrogen and oxygen atoms in total. The van der Waals surface area contributed by atoms with E-state index in [2.05, 4.69) is 55.5 Å². The Hall–Kier alpha value is -2.71. The van der Waals surface area contributed by atoms with Crippen LogP contribution in [0.25, 0.3) is 0 Å². The number of carbonyl (C=O) groups is 1. The number of aryl methyl sites for hydroxylation is 3. The van der Waals surface area contributed by atoms with Gasteiger partial charge in [0.05, 0.1) is 12.0 Å². The van der Waals surface area contributed by atoms with Gasteiger partial charge in [0.2, 0.25) is 0 Å².